The van der Waals surface area contributed by atoms with Gasteiger partial charge in [-0.2, -0.15) is 0 Å². The van der Waals surface area contributed by atoms with Crippen molar-refractivity contribution in [3.05, 3.63) is 0 Å². The summed E-state index contributed by atoms with van der Waals surface area (Å²) in [7, 11) is 0. The molecule has 0 unspecified atom stereocenters. The molecular formula is C8H18NO. The zero-order valence-electron chi connectivity index (χ0n) is 6.86. The molecule has 0 aliphatic carbocycles. The van der Waals surface area contributed by atoms with Crippen molar-refractivity contribution in [3.8, 4) is 0 Å². The van der Waals surface area contributed by atoms with Gasteiger partial charge in [-0.05, 0) is 12.8 Å². The van der Waals surface area contributed by atoms with Crippen LogP contribution < -0.4 is 5.73 Å². The minimum absolute atomic E-state index is 0.494. The van der Waals surface area contributed by atoms with E-state index in [4.69, 9.17) is 10.5 Å². The van der Waals surface area contributed by atoms with Crippen LogP contribution in [0.1, 0.15) is 32.6 Å². The van der Waals surface area contributed by atoms with Gasteiger partial charge in [-0.15, -0.1) is 0 Å². The molecule has 2 heteroatoms. The van der Waals surface area contributed by atoms with Crippen LogP contribution in [-0.4, -0.2) is 19.8 Å². The molecule has 0 atom stereocenters. The van der Waals surface area contributed by atoms with E-state index in [1.165, 1.54) is 19.3 Å². The molecule has 0 aromatic heterocycles. The molecule has 0 spiro atoms. The zero-order valence-corrected chi connectivity index (χ0v) is 6.86. The minimum Gasteiger partial charge on any atom is -0.381 e. The van der Waals surface area contributed by atoms with Crippen molar-refractivity contribution in [2.24, 2.45) is 0 Å². The smallest absolute Gasteiger partial charge is 0.0478 e. The first kappa shape index (κ1) is 9.92. The number of unbranched alkanes of at least 4 members (excludes halogenated alkanes) is 2. The molecule has 1 N–H and O–H groups in total. The lowest BCUT2D eigenvalue weighted by Gasteiger charge is -2.00. The predicted molar refractivity (Wildman–Crippen MR) is 42.9 cm³/mol. The van der Waals surface area contributed by atoms with E-state index in [0.29, 0.717) is 6.54 Å². The van der Waals surface area contributed by atoms with Crippen molar-refractivity contribution in [1.29, 1.82) is 0 Å². The van der Waals surface area contributed by atoms with Gasteiger partial charge in [-0.3, -0.25) is 5.73 Å². The fraction of sp³-hybridized carbons (Fsp3) is 1.00. The number of rotatable bonds is 7. The highest BCUT2D eigenvalue weighted by atomic mass is 16.5. The molecule has 0 aromatic carbocycles. The van der Waals surface area contributed by atoms with Gasteiger partial charge in [-0.1, -0.05) is 19.8 Å². The third-order valence-electron chi connectivity index (χ3n) is 1.36. The van der Waals surface area contributed by atoms with E-state index in [1.807, 2.05) is 0 Å². The van der Waals surface area contributed by atoms with Crippen molar-refractivity contribution < 1.29 is 4.74 Å². The molecule has 2 nitrogen and oxygen atoms in total. The molecule has 0 saturated carbocycles. The fourth-order valence-electron chi connectivity index (χ4n) is 0.730. The lowest BCUT2D eigenvalue weighted by atomic mass is 10.3. The van der Waals surface area contributed by atoms with Crippen molar-refractivity contribution in [2.45, 2.75) is 32.6 Å². The van der Waals surface area contributed by atoms with Gasteiger partial charge >= 0.3 is 0 Å². The Morgan fingerprint density at radius 1 is 1.10 bits per heavy atom. The average Bonchev–Trinajstić information content (AvgIpc) is 1.97. The van der Waals surface area contributed by atoms with Gasteiger partial charge in [0.1, 0.15) is 0 Å². The molecule has 0 saturated heterocycles. The second-order valence-corrected chi connectivity index (χ2v) is 2.42. The van der Waals surface area contributed by atoms with Gasteiger partial charge in [0.05, 0.1) is 0 Å². The summed E-state index contributed by atoms with van der Waals surface area (Å²) in [6.07, 6.45) is 4.57. The van der Waals surface area contributed by atoms with Gasteiger partial charge in [0.2, 0.25) is 0 Å². The summed E-state index contributed by atoms with van der Waals surface area (Å²) >= 11 is 0. The Balaban J connectivity index is 2.65. The summed E-state index contributed by atoms with van der Waals surface area (Å²) in [5, 5.41) is 0. The molecule has 0 rings (SSSR count). The normalized spacial score (nSPS) is 10.2. The van der Waals surface area contributed by atoms with E-state index in [0.717, 1.165) is 19.6 Å². The van der Waals surface area contributed by atoms with Gasteiger partial charge in [-0.25, -0.2) is 0 Å². The van der Waals surface area contributed by atoms with Gasteiger partial charge < -0.3 is 4.74 Å². The molecule has 0 aliphatic rings. The zero-order chi connectivity index (χ0) is 7.66. The first-order valence-corrected chi connectivity index (χ1v) is 4.14. The van der Waals surface area contributed by atoms with E-state index in [9.17, 15) is 0 Å². The quantitative estimate of drug-likeness (QED) is 0.502. The second kappa shape index (κ2) is 8.92. The predicted octanol–water partition coefficient (Wildman–Crippen LogP) is 1.87. The van der Waals surface area contributed by atoms with E-state index in [1.54, 1.807) is 0 Å². The Hall–Kier alpha value is -0.0800. The standard InChI is InChI=1S/C8H18NO/c1-2-3-4-7-10-8-5-6-9/h9H,2-8H2,1H3. The highest BCUT2D eigenvalue weighted by Gasteiger charge is 1.86. The van der Waals surface area contributed by atoms with Gasteiger partial charge in [0.25, 0.3) is 0 Å². The Morgan fingerprint density at radius 2 is 1.80 bits per heavy atom. The highest BCUT2D eigenvalue weighted by Crippen LogP contribution is 1.94. The second-order valence-electron chi connectivity index (χ2n) is 2.42. The minimum atomic E-state index is 0.494. The van der Waals surface area contributed by atoms with Crippen molar-refractivity contribution in [1.82, 2.24) is 5.73 Å². The third-order valence-corrected chi connectivity index (χ3v) is 1.36. The summed E-state index contributed by atoms with van der Waals surface area (Å²) in [6.45, 7) is 4.33. The van der Waals surface area contributed by atoms with E-state index >= 15 is 0 Å². The Bertz CT molecular complexity index is 49.2. The monoisotopic (exact) mass is 144 g/mol. The van der Waals surface area contributed by atoms with Crippen LogP contribution in [0, 0.1) is 0 Å². The topological polar surface area (TPSA) is 33.0 Å². The maximum Gasteiger partial charge on any atom is 0.0478 e. The summed E-state index contributed by atoms with van der Waals surface area (Å²) in [4.78, 5) is 0. The number of hydrogen-bond acceptors (Lipinski definition) is 1. The first-order valence-electron chi connectivity index (χ1n) is 4.14. The fourth-order valence-corrected chi connectivity index (χ4v) is 0.730. The maximum absolute atomic E-state index is 6.84. The van der Waals surface area contributed by atoms with Crippen LogP contribution in [0.5, 0.6) is 0 Å². The summed E-state index contributed by atoms with van der Waals surface area (Å²) < 4.78 is 5.26. The highest BCUT2D eigenvalue weighted by molar-refractivity contribution is 4.38. The molecule has 0 aliphatic heterocycles. The Labute approximate surface area is 63.7 Å². The van der Waals surface area contributed by atoms with Crippen LogP contribution in [0.3, 0.4) is 0 Å². The third kappa shape index (κ3) is 7.92. The molecule has 61 valence electrons. The van der Waals surface area contributed by atoms with Crippen LogP contribution in [-0.2, 0) is 4.74 Å². The Kier molecular flexibility index (Phi) is 8.85. The molecule has 0 amide bonds. The van der Waals surface area contributed by atoms with Crippen LogP contribution in [0.25, 0.3) is 0 Å². The van der Waals surface area contributed by atoms with Crippen molar-refractivity contribution >= 4 is 0 Å². The molecule has 0 heterocycles. The SMILES string of the molecule is CCCCCOCCC[NH]. The lowest BCUT2D eigenvalue weighted by Crippen LogP contribution is -1.99. The summed E-state index contributed by atoms with van der Waals surface area (Å²) in [5.41, 5.74) is 6.84. The van der Waals surface area contributed by atoms with E-state index < -0.39 is 0 Å². The van der Waals surface area contributed by atoms with Crippen LogP contribution in [0.15, 0.2) is 0 Å². The lowest BCUT2D eigenvalue weighted by molar-refractivity contribution is 0.129. The molecular weight excluding hydrogens is 126 g/mol. The van der Waals surface area contributed by atoms with Gasteiger partial charge in [0, 0.05) is 19.8 Å². The van der Waals surface area contributed by atoms with Crippen LogP contribution >= 0.6 is 0 Å². The van der Waals surface area contributed by atoms with E-state index in [-0.39, 0.29) is 0 Å². The largest absolute Gasteiger partial charge is 0.381 e. The molecule has 1 radical (unpaired) electrons. The number of nitrogens with one attached hydrogen (secondary N) is 1. The van der Waals surface area contributed by atoms with Crippen molar-refractivity contribution in [3.63, 3.8) is 0 Å². The molecule has 10 heavy (non-hydrogen) atoms. The molecule has 0 bridgehead atoms. The van der Waals surface area contributed by atoms with E-state index in [2.05, 4.69) is 6.92 Å². The average molecular weight is 144 g/mol. The number of ether oxygens (including phenoxy) is 1. The first-order chi connectivity index (χ1) is 4.91. The Morgan fingerprint density at radius 3 is 2.40 bits per heavy atom. The number of hydrogen-bond donors (Lipinski definition) is 0. The van der Waals surface area contributed by atoms with Crippen LogP contribution in [0.4, 0.5) is 0 Å². The molecule has 0 fully saturated rings. The summed E-state index contributed by atoms with van der Waals surface area (Å²) in [6, 6.07) is 0. The maximum atomic E-state index is 6.84. The summed E-state index contributed by atoms with van der Waals surface area (Å²) in [5.74, 6) is 0. The van der Waals surface area contributed by atoms with Gasteiger partial charge in [0.15, 0.2) is 0 Å². The molecule has 0 aromatic rings. The van der Waals surface area contributed by atoms with Crippen LogP contribution in [0.2, 0.25) is 0 Å². The van der Waals surface area contributed by atoms with Crippen molar-refractivity contribution in [2.75, 3.05) is 19.8 Å².